The summed E-state index contributed by atoms with van der Waals surface area (Å²) in [4.78, 5) is 17.4. The van der Waals surface area contributed by atoms with Gasteiger partial charge in [-0.15, -0.1) is 11.3 Å². The van der Waals surface area contributed by atoms with E-state index in [2.05, 4.69) is 16.4 Å². The predicted octanol–water partition coefficient (Wildman–Crippen LogP) is 2.34. The minimum absolute atomic E-state index is 0.185. The molecule has 1 amide bonds. The zero-order valence-electron chi connectivity index (χ0n) is 10.6. The Morgan fingerprint density at radius 1 is 1.50 bits per heavy atom. The van der Waals surface area contributed by atoms with Gasteiger partial charge < -0.3 is 11.1 Å². The first-order valence-electron chi connectivity index (χ1n) is 6.27. The van der Waals surface area contributed by atoms with Gasteiger partial charge in [0, 0.05) is 11.1 Å². The molecule has 2 heterocycles. The average Bonchev–Trinajstić information content (AvgIpc) is 2.99. The summed E-state index contributed by atoms with van der Waals surface area (Å²) in [5.41, 5.74) is 7.92. The van der Waals surface area contributed by atoms with Gasteiger partial charge >= 0.3 is 0 Å². The molecule has 5 nitrogen and oxygen atoms in total. The van der Waals surface area contributed by atoms with Gasteiger partial charge in [0.2, 0.25) is 0 Å². The number of nitrogens with zero attached hydrogens (tertiary/aromatic N) is 2. The van der Waals surface area contributed by atoms with E-state index in [1.807, 2.05) is 0 Å². The number of anilines is 2. The number of nitrogens with one attached hydrogen (secondary N) is 1. The van der Waals surface area contributed by atoms with Crippen LogP contribution in [0.3, 0.4) is 0 Å². The van der Waals surface area contributed by atoms with E-state index >= 15 is 0 Å². The molecule has 2 aromatic heterocycles. The molecule has 3 N–H and O–H groups in total. The standard InChI is InChI=1S/C14H12N4OS/c15-7-9-8-3-1-5-11(8)20-14(9)18-13(19)12-10(16)4-2-6-17-12/h2,4,6H,1,3,5,16H2,(H,18,19). The molecule has 20 heavy (non-hydrogen) atoms. The highest BCUT2D eigenvalue weighted by atomic mass is 32.1. The Labute approximate surface area is 120 Å². The van der Waals surface area contributed by atoms with Crippen molar-refractivity contribution in [2.75, 3.05) is 11.1 Å². The van der Waals surface area contributed by atoms with E-state index in [-0.39, 0.29) is 11.6 Å². The first-order chi connectivity index (χ1) is 9.70. The summed E-state index contributed by atoms with van der Waals surface area (Å²) < 4.78 is 0. The number of carbonyl (C=O) groups is 1. The Morgan fingerprint density at radius 3 is 3.10 bits per heavy atom. The number of amides is 1. The summed E-state index contributed by atoms with van der Waals surface area (Å²) in [7, 11) is 0. The zero-order chi connectivity index (χ0) is 14.1. The number of thiophene rings is 1. The van der Waals surface area contributed by atoms with Crippen LogP contribution >= 0.6 is 11.3 Å². The van der Waals surface area contributed by atoms with Crippen LogP contribution in [-0.4, -0.2) is 10.9 Å². The van der Waals surface area contributed by atoms with Gasteiger partial charge in [0.25, 0.3) is 5.91 Å². The Morgan fingerprint density at radius 2 is 2.35 bits per heavy atom. The Balaban J connectivity index is 1.91. The normalized spacial score (nSPS) is 12.8. The third-order valence-electron chi connectivity index (χ3n) is 3.31. The van der Waals surface area contributed by atoms with E-state index in [1.54, 1.807) is 12.1 Å². The van der Waals surface area contributed by atoms with Crippen LogP contribution in [0.2, 0.25) is 0 Å². The molecule has 1 aliphatic carbocycles. The van der Waals surface area contributed by atoms with Crippen molar-refractivity contribution in [2.45, 2.75) is 19.3 Å². The number of nitriles is 1. The number of aromatic nitrogens is 1. The van der Waals surface area contributed by atoms with Crippen molar-refractivity contribution in [1.29, 1.82) is 5.26 Å². The monoisotopic (exact) mass is 284 g/mol. The van der Waals surface area contributed by atoms with Crippen LogP contribution in [-0.2, 0) is 12.8 Å². The highest BCUT2D eigenvalue weighted by Gasteiger charge is 2.23. The maximum atomic E-state index is 12.2. The number of hydrogen-bond acceptors (Lipinski definition) is 5. The smallest absolute Gasteiger partial charge is 0.277 e. The van der Waals surface area contributed by atoms with E-state index in [0.717, 1.165) is 24.8 Å². The fourth-order valence-corrected chi connectivity index (χ4v) is 3.62. The van der Waals surface area contributed by atoms with Gasteiger partial charge in [0.15, 0.2) is 5.69 Å². The van der Waals surface area contributed by atoms with Crippen molar-refractivity contribution in [3.05, 3.63) is 40.0 Å². The number of aryl methyl sites for hydroxylation is 1. The molecule has 0 saturated carbocycles. The van der Waals surface area contributed by atoms with E-state index < -0.39 is 0 Å². The van der Waals surface area contributed by atoms with Gasteiger partial charge in [-0.05, 0) is 37.0 Å². The molecule has 0 aromatic carbocycles. The van der Waals surface area contributed by atoms with Crippen LogP contribution in [0.15, 0.2) is 18.3 Å². The molecular weight excluding hydrogens is 272 g/mol. The summed E-state index contributed by atoms with van der Waals surface area (Å²) in [5, 5.41) is 12.6. The van der Waals surface area contributed by atoms with Crippen molar-refractivity contribution in [2.24, 2.45) is 0 Å². The van der Waals surface area contributed by atoms with Crippen LogP contribution in [0.25, 0.3) is 0 Å². The van der Waals surface area contributed by atoms with E-state index in [4.69, 9.17) is 5.73 Å². The summed E-state index contributed by atoms with van der Waals surface area (Å²) in [6, 6.07) is 5.49. The molecule has 3 rings (SSSR count). The molecule has 1 aliphatic rings. The predicted molar refractivity (Wildman–Crippen MR) is 77.7 cm³/mol. The molecule has 2 aromatic rings. The largest absolute Gasteiger partial charge is 0.397 e. The minimum Gasteiger partial charge on any atom is -0.397 e. The number of fused-ring (bicyclic) bond motifs is 1. The lowest BCUT2D eigenvalue weighted by molar-refractivity contribution is 0.102. The molecule has 0 atom stereocenters. The highest BCUT2D eigenvalue weighted by Crippen LogP contribution is 2.38. The number of nitrogens with two attached hydrogens (primary N) is 1. The molecule has 0 unspecified atom stereocenters. The molecule has 100 valence electrons. The Hall–Kier alpha value is -2.39. The van der Waals surface area contributed by atoms with Crippen LogP contribution in [0.5, 0.6) is 0 Å². The highest BCUT2D eigenvalue weighted by molar-refractivity contribution is 7.16. The SMILES string of the molecule is N#Cc1c(NC(=O)c2ncccc2N)sc2c1CCC2. The van der Waals surface area contributed by atoms with Crippen LogP contribution in [0.4, 0.5) is 10.7 Å². The molecule has 0 aliphatic heterocycles. The van der Waals surface area contributed by atoms with Crippen molar-refractivity contribution in [3.8, 4) is 6.07 Å². The van der Waals surface area contributed by atoms with E-state index in [9.17, 15) is 10.1 Å². The van der Waals surface area contributed by atoms with E-state index in [0.29, 0.717) is 16.3 Å². The lowest BCUT2D eigenvalue weighted by Gasteiger charge is -2.05. The number of hydrogen-bond donors (Lipinski definition) is 2. The fraction of sp³-hybridized carbons (Fsp3) is 0.214. The quantitative estimate of drug-likeness (QED) is 0.885. The molecule has 0 spiro atoms. The third-order valence-corrected chi connectivity index (χ3v) is 4.52. The van der Waals surface area contributed by atoms with Crippen molar-refractivity contribution < 1.29 is 4.79 Å². The van der Waals surface area contributed by atoms with Gasteiger partial charge in [-0.2, -0.15) is 5.26 Å². The van der Waals surface area contributed by atoms with Crippen LogP contribution in [0, 0.1) is 11.3 Å². The van der Waals surface area contributed by atoms with E-state index in [1.165, 1.54) is 22.4 Å². The first-order valence-corrected chi connectivity index (χ1v) is 7.09. The topological polar surface area (TPSA) is 91.8 Å². The van der Waals surface area contributed by atoms with Gasteiger partial charge in [-0.1, -0.05) is 0 Å². The molecule has 0 radical (unpaired) electrons. The second kappa shape index (κ2) is 4.94. The summed E-state index contributed by atoms with van der Waals surface area (Å²) in [5.74, 6) is -0.375. The first kappa shape index (κ1) is 12.6. The number of rotatable bonds is 2. The number of carbonyl (C=O) groups excluding carboxylic acids is 1. The molecule has 0 fully saturated rings. The Kier molecular flexibility index (Phi) is 3.12. The lowest BCUT2D eigenvalue weighted by atomic mass is 10.1. The molecule has 0 bridgehead atoms. The van der Waals surface area contributed by atoms with Gasteiger partial charge in [0.1, 0.15) is 11.1 Å². The molecule has 0 saturated heterocycles. The maximum absolute atomic E-state index is 12.2. The number of nitrogen functional groups attached to an aromatic ring is 1. The summed E-state index contributed by atoms with van der Waals surface area (Å²) >= 11 is 1.48. The van der Waals surface area contributed by atoms with Crippen LogP contribution in [0.1, 0.15) is 32.9 Å². The Bertz CT molecular complexity index is 729. The van der Waals surface area contributed by atoms with Crippen molar-refractivity contribution >= 4 is 27.9 Å². The van der Waals surface area contributed by atoms with Crippen molar-refractivity contribution in [3.63, 3.8) is 0 Å². The van der Waals surface area contributed by atoms with Crippen LogP contribution < -0.4 is 11.1 Å². The fourth-order valence-electron chi connectivity index (χ4n) is 2.38. The molecular formula is C14H12N4OS. The summed E-state index contributed by atoms with van der Waals surface area (Å²) in [6.45, 7) is 0. The second-order valence-corrected chi connectivity index (χ2v) is 5.67. The summed E-state index contributed by atoms with van der Waals surface area (Å²) in [6.07, 6.45) is 4.49. The second-order valence-electron chi connectivity index (χ2n) is 4.57. The zero-order valence-corrected chi connectivity index (χ0v) is 11.5. The van der Waals surface area contributed by atoms with Gasteiger partial charge in [-0.25, -0.2) is 4.98 Å². The van der Waals surface area contributed by atoms with Crippen molar-refractivity contribution in [1.82, 2.24) is 4.98 Å². The number of pyridine rings is 1. The third kappa shape index (κ3) is 2.02. The molecule has 6 heteroatoms. The van der Waals surface area contributed by atoms with Gasteiger partial charge in [-0.3, -0.25) is 4.79 Å². The maximum Gasteiger partial charge on any atom is 0.277 e. The lowest BCUT2D eigenvalue weighted by Crippen LogP contribution is -2.15. The average molecular weight is 284 g/mol. The minimum atomic E-state index is -0.375. The van der Waals surface area contributed by atoms with Gasteiger partial charge in [0.05, 0.1) is 11.3 Å².